The van der Waals surface area contributed by atoms with E-state index in [1.165, 1.54) is 12.5 Å². The highest BCUT2D eigenvalue weighted by Crippen LogP contribution is 2.26. The molecule has 2 heterocycles. The predicted molar refractivity (Wildman–Crippen MR) is 111 cm³/mol. The standard InChI is InChI=1S/C22H25N3O4/c1-15(2)25(22(27)20-8-6-12-29-20)14-16-13-17(9-10-18(16)24(3)4)23-21(26)19-7-5-11-28-19/h5-13,15H,14H2,1-4H3,(H,23,26). The van der Waals surface area contributed by atoms with Gasteiger partial charge in [0.25, 0.3) is 11.8 Å². The topological polar surface area (TPSA) is 78.9 Å². The number of furan rings is 2. The summed E-state index contributed by atoms with van der Waals surface area (Å²) in [4.78, 5) is 28.9. The zero-order valence-electron chi connectivity index (χ0n) is 17.0. The summed E-state index contributed by atoms with van der Waals surface area (Å²) >= 11 is 0. The van der Waals surface area contributed by atoms with Gasteiger partial charge in [-0.2, -0.15) is 0 Å². The van der Waals surface area contributed by atoms with E-state index < -0.39 is 0 Å². The van der Waals surface area contributed by atoms with Crippen molar-refractivity contribution in [3.8, 4) is 0 Å². The van der Waals surface area contributed by atoms with E-state index >= 15 is 0 Å². The van der Waals surface area contributed by atoms with Crippen molar-refractivity contribution in [3.63, 3.8) is 0 Å². The first-order valence-electron chi connectivity index (χ1n) is 9.36. The third-order valence-corrected chi connectivity index (χ3v) is 4.52. The average Bonchev–Trinajstić information content (AvgIpc) is 3.39. The van der Waals surface area contributed by atoms with Gasteiger partial charge in [-0.15, -0.1) is 0 Å². The van der Waals surface area contributed by atoms with Crippen LogP contribution in [0.1, 0.15) is 40.5 Å². The quantitative estimate of drug-likeness (QED) is 0.647. The highest BCUT2D eigenvalue weighted by atomic mass is 16.3. The lowest BCUT2D eigenvalue weighted by molar-refractivity contribution is 0.0657. The number of carbonyl (C=O) groups excluding carboxylic acids is 2. The highest BCUT2D eigenvalue weighted by molar-refractivity contribution is 6.02. The number of nitrogens with zero attached hydrogens (tertiary/aromatic N) is 2. The molecule has 2 aromatic heterocycles. The molecule has 7 nitrogen and oxygen atoms in total. The molecule has 0 radical (unpaired) electrons. The molecule has 1 aromatic carbocycles. The maximum atomic E-state index is 12.9. The van der Waals surface area contributed by atoms with Crippen LogP contribution < -0.4 is 10.2 Å². The fraction of sp³-hybridized carbons (Fsp3) is 0.273. The number of benzene rings is 1. The summed E-state index contributed by atoms with van der Waals surface area (Å²) in [6.07, 6.45) is 2.94. The molecular formula is C22H25N3O4. The summed E-state index contributed by atoms with van der Waals surface area (Å²) in [5.74, 6) is 0.0260. The summed E-state index contributed by atoms with van der Waals surface area (Å²) in [7, 11) is 3.88. The van der Waals surface area contributed by atoms with E-state index in [2.05, 4.69) is 5.32 Å². The Hall–Kier alpha value is -3.48. The molecule has 0 unspecified atom stereocenters. The normalized spacial score (nSPS) is 10.8. The summed E-state index contributed by atoms with van der Waals surface area (Å²) in [5, 5.41) is 2.84. The molecule has 1 N–H and O–H groups in total. The predicted octanol–water partition coefficient (Wildman–Crippen LogP) is 4.24. The van der Waals surface area contributed by atoms with E-state index in [1.54, 1.807) is 29.2 Å². The number of rotatable bonds is 7. The van der Waals surface area contributed by atoms with Crippen LogP contribution in [0, 0.1) is 0 Å². The van der Waals surface area contributed by atoms with Crippen molar-refractivity contribution in [2.45, 2.75) is 26.4 Å². The van der Waals surface area contributed by atoms with Gasteiger partial charge in [0.2, 0.25) is 0 Å². The van der Waals surface area contributed by atoms with Crippen LogP contribution in [0.3, 0.4) is 0 Å². The van der Waals surface area contributed by atoms with Crippen LogP contribution in [-0.4, -0.2) is 36.9 Å². The van der Waals surface area contributed by atoms with Gasteiger partial charge in [0.05, 0.1) is 12.5 Å². The maximum absolute atomic E-state index is 12.9. The number of hydrogen-bond donors (Lipinski definition) is 1. The van der Waals surface area contributed by atoms with Crippen LogP contribution >= 0.6 is 0 Å². The van der Waals surface area contributed by atoms with E-state index in [0.717, 1.165) is 11.3 Å². The maximum Gasteiger partial charge on any atom is 0.291 e. The largest absolute Gasteiger partial charge is 0.459 e. The Kier molecular flexibility index (Phi) is 6.07. The van der Waals surface area contributed by atoms with Crippen molar-refractivity contribution in [3.05, 3.63) is 72.1 Å². The zero-order valence-corrected chi connectivity index (χ0v) is 17.0. The second-order valence-corrected chi connectivity index (χ2v) is 7.17. The summed E-state index contributed by atoms with van der Waals surface area (Å²) in [6, 6.07) is 12.2. The van der Waals surface area contributed by atoms with E-state index in [0.29, 0.717) is 18.0 Å². The van der Waals surface area contributed by atoms with E-state index in [4.69, 9.17) is 8.83 Å². The van der Waals surface area contributed by atoms with Gasteiger partial charge >= 0.3 is 0 Å². The van der Waals surface area contributed by atoms with Crippen LogP contribution in [0.5, 0.6) is 0 Å². The first-order valence-corrected chi connectivity index (χ1v) is 9.36. The zero-order chi connectivity index (χ0) is 21.0. The SMILES string of the molecule is CC(C)N(Cc1cc(NC(=O)c2ccco2)ccc1N(C)C)C(=O)c1ccco1. The highest BCUT2D eigenvalue weighted by Gasteiger charge is 2.23. The van der Waals surface area contributed by atoms with Gasteiger partial charge in [0, 0.05) is 38.1 Å². The number of anilines is 2. The van der Waals surface area contributed by atoms with Crippen molar-refractivity contribution in [1.29, 1.82) is 0 Å². The van der Waals surface area contributed by atoms with Crippen molar-refractivity contribution >= 4 is 23.2 Å². The molecule has 0 spiro atoms. The Balaban J connectivity index is 1.88. The average molecular weight is 395 g/mol. The van der Waals surface area contributed by atoms with Crippen molar-refractivity contribution in [1.82, 2.24) is 4.90 Å². The molecule has 2 amide bonds. The minimum absolute atomic E-state index is 0.0380. The molecule has 0 saturated carbocycles. The molecule has 0 saturated heterocycles. The summed E-state index contributed by atoms with van der Waals surface area (Å²) < 4.78 is 10.4. The Morgan fingerprint density at radius 1 is 1.00 bits per heavy atom. The van der Waals surface area contributed by atoms with Crippen LogP contribution in [0.2, 0.25) is 0 Å². The first kappa shape index (κ1) is 20.3. The first-order chi connectivity index (χ1) is 13.9. The number of hydrogen-bond acceptors (Lipinski definition) is 5. The van der Waals surface area contributed by atoms with Crippen LogP contribution in [-0.2, 0) is 6.54 Å². The molecule has 0 atom stereocenters. The molecular weight excluding hydrogens is 370 g/mol. The summed E-state index contributed by atoms with van der Waals surface area (Å²) in [6.45, 7) is 4.28. The number of amides is 2. The minimum Gasteiger partial charge on any atom is -0.459 e. The van der Waals surface area contributed by atoms with Gasteiger partial charge in [0.1, 0.15) is 0 Å². The third-order valence-electron chi connectivity index (χ3n) is 4.52. The van der Waals surface area contributed by atoms with Gasteiger partial charge in [-0.25, -0.2) is 0 Å². The minimum atomic E-state index is -0.328. The van der Waals surface area contributed by atoms with Gasteiger partial charge in [-0.3, -0.25) is 9.59 Å². The molecule has 3 aromatic rings. The fourth-order valence-electron chi connectivity index (χ4n) is 3.04. The molecule has 0 aliphatic carbocycles. The van der Waals surface area contributed by atoms with Gasteiger partial charge in [-0.1, -0.05) is 0 Å². The van der Waals surface area contributed by atoms with Gasteiger partial charge < -0.3 is 24.0 Å². The van der Waals surface area contributed by atoms with Crippen LogP contribution in [0.15, 0.2) is 63.8 Å². The molecule has 152 valence electrons. The van der Waals surface area contributed by atoms with Crippen molar-refractivity contribution in [2.24, 2.45) is 0 Å². The Morgan fingerprint density at radius 3 is 2.21 bits per heavy atom. The molecule has 0 aliphatic rings. The van der Waals surface area contributed by atoms with E-state index in [9.17, 15) is 9.59 Å². The molecule has 0 bridgehead atoms. The molecule has 3 rings (SSSR count). The lowest BCUT2D eigenvalue weighted by atomic mass is 10.1. The number of nitrogens with one attached hydrogen (secondary N) is 1. The fourth-order valence-corrected chi connectivity index (χ4v) is 3.04. The van der Waals surface area contributed by atoms with Gasteiger partial charge in [0.15, 0.2) is 11.5 Å². The molecule has 0 fully saturated rings. The monoisotopic (exact) mass is 395 g/mol. The third kappa shape index (κ3) is 4.68. The Morgan fingerprint density at radius 2 is 1.66 bits per heavy atom. The lowest BCUT2D eigenvalue weighted by Gasteiger charge is -2.28. The Labute approximate surface area is 169 Å². The van der Waals surface area contributed by atoms with E-state index in [1.807, 2.05) is 51.0 Å². The second-order valence-electron chi connectivity index (χ2n) is 7.17. The molecule has 0 aliphatic heterocycles. The Bertz CT molecular complexity index is 960. The molecule has 7 heteroatoms. The van der Waals surface area contributed by atoms with E-state index in [-0.39, 0.29) is 23.6 Å². The summed E-state index contributed by atoms with van der Waals surface area (Å²) in [5.41, 5.74) is 2.49. The smallest absolute Gasteiger partial charge is 0.291 e. The second kappa shape index (κ2) is 8.68. The van der Waals surface area contributed by atoms with Crippen molar-refractivity contribution in [2.75, 3.05) is 24.3 Å². The van der Waals surface area contributed by atoms with Crippen molar-refractivity contribution < 1.29 is 18.4 Å². The van der Waals surface area contributed by atoms with Gasteiger partial charge in [-0.05, 0) is 61.9 Å². The lowest BCUT2D eigenvalue weighted by Crippen LogP contribution is -2.36. The van der Waals surface area contributed by atoms with Crippen LogP contribution in [0.4, 0.5) is 11.4 Å². The molecule has 29 heavy (non-hydrogen) atoms. The van der Waals surface area contributed by atoms with Crippen LogP contribution in [0.25, 0.3) is 0 Å². The number of carbonyl (C=O) groups is 2.